The molecule has 4 rings (SSSR count). The fourth-order valence-electron chi connectivity index (χ4n) is 3.87. The molecule has 1 aliphatic heterocycles. The van der Waals surface area contributed by atoms with Crippen LogP contribution >= 0.6 is 0 Å². The van der Waals surface area contributed by atoms with Gasteiger partial charge in [-0.05, 0) is 101 Å². The molecule has 3 aromatic rings. The fraction of sp³-hybridized carbons (Fsp3) is 0.393. The summed E-state index contributed by atoms with van der Waals surface area (Å²) < 4.78 is 45.4. The highest BCUT2D eigenvalue weighted by atomic mass is 32.2. The zero-order valence-corrected chi connectivity index (χ0v) is 24.3. The monoisotopic (exact) mass is 572 g/mol. The van der Waals surface area contributed by atoms with E-state index in [1.165, 1.54) is 6.07 Å². The average molecular weight is 573 g/mol. The number of ether oxygens (including phenoxy) is 1. The van der Waals surface area contributed by atoms with E-state index in [0.29, 0.717) is 42.0 Å². The van der Waals surface area contributed by atoms with E-state index in [4.69, 9.17) is 5.73 Å². The summed E-state index contributed by atoms with van der Waals surface area (Å²) in [4.78, 5) is 18.9. The van der Waals surface area contributed by atoms with E-state index in [2.05, 4.69) is 32.3 Å². The Labute approximate surface area is 235 Å². The number of carbonyl (C=O) groups excluding carboxylic acids is 1. The van der Waals surface area contributed by atoms with Gasteiger partial charge in [-0.3, -0.25) is 0 Å². The average Bonchev–Trinajstić information content (AvgIpc) is 2.86. The molecule has 216 valence electrons. The summed E-state index contributed by atoms with van der Waals surface area (Å²) in [7, 11) is -3.49. The Hall–Kier alpha value is -3.77. The maximum atomic E-state index is 13.5. The number of nitrogens with two attached hydrogens (primary N) is 1. The third kappa shape index (κ3) is 9.16. The normalized spacial score (nSPS) is 14.6. The Balaban J connectivity index is 0.000000482. The molecule has 0 unspecified atom stereocenters. The van der Waals surface area contributed by atoms with Crippen LogP contribution in [0.1, 0.15) is 46.1 Å². The number of sulfonamides is 1. The number of benzene rings is 2. The molecule has 2 aromatic carbocycles. The molecule has 10 nitrogen and oxygen atoms in total. The van der Waals surface area contributed by atoms with Crippen molar-refractivity contribution >= 4 is 39.3 Å². The lowest BCUT2D eigenvalue weighted by molar-refractivity contribution is 0.0600. The summed E-state index contributed by atoms with van der Waals surface area (Å²) >= 11 is 0. The number of aryl methyl sites for hydroxylation is 1. The van der Waals surface area contributed by atoms with Gasteiger partial charge in [0.25, 0.3) is 0 Å². The Morgan fingerprint density at radius 1 is 1.05 bits per heavy atom. The number of carbonyl (C=O) groups is 1. The van der Waals surface area contributed by atoms with Crippen molar-refractivity contribution < 1.29 is 22.3 Å². The van der Waals surface area contributed by atoms with Crippen LogP contribution in [0.2, 0.25) is 0 Å². The first-order valence-electron chi connectivity index (χ1n) is 12.9. The molecule has 2 heterocycles. The third-order valence-electron chi connectivity index (χ3n) is 5.98. The predicted molar refractivity (Wildman–Crippen MR) is 154 cm³/mol. The zero-order chi connectivity index (χ0) is 29.5. The number of aromatic nitrogens is 2. The van der Waals surface area contributed by atoms with Crippen molar-refractivity contribution in [3.63, 3.8) is 0 Å². The van der Waals surface area contributed by atoms with Crippen molar-refractivity contribution in [2.24, 2.45) is 11.7 Å². The Kier molecular flexibility index (Phi) is 10.0. The number of piperidine rings is 1. The van der Waals surface area contributed by atoms with E-state index in [1.54, 1.807) is 80.7 Å². The van der Waals surface area contributed by atoms with Crippen LogP contribution in [0.3, 0.4) is 0 Å². The minimum absolute atomic E-state index is 0.263. The molecule has 4 N–H and O–H groups in total. The lowest BCUT2D eigenvalue weighted by Crippen LogP contribution is -2.37. The Morgan fingerprint density at radius 3 is 2.23 bits per heavy atom. The predicted octanol–water partition coefficient (Wildman–Crippen LogP) is 5.71. The number of halogens is 1. The number of nitrogens with zero attached hydrogens (tertiary/aromatic N) is 3. The van der Waals surface area contributed by atoms with Crippen LogP contribution in [-0.4, -0.2) is 47.5 Å². The van der Waals surface area contributed by atoms with Crippen LogP contribution in [-0.2, 0) is 14.8 Å². The molecular weight excluding hydrogens is 535 g/mol. The first kappa shape index (κ1) is 30.8. The third-order valence-corrected chi connectivity index (χ3v) is 7.90. The summed E-state index contributed by atoms with van der Waals surface area (Å²) in [5.74, 6) is 1.20. The van der Waals surface area contributed by atoms with Gasteiger partial charge in [-0.25, -0.2) is 22.6 Å². The zero-order valence-electron chi connectivity index (χ0n) is 23.4. The topological polar surface area (TPSA) is 140 Å². The molecule has 0 spiro atoms. The largest absolute Gasteiger partial charge is 0.444 e. The summed E-state index contributed by atoms with van der Waals surface area (Å²) in [6.07, 6.45) is 2.65. The van der Waals surface area contributed by atoms with E-state index in [1.807, 2.05) is 0 Å². The lowest BCUT2D eigenvalue weighted by atomic mass is 10.0. The number of primary amides is 1. The van der Waals surface area contributed by atoms with E-state index in [-0.39, 0.29) is 10.7 Å². The summed E-state index contributed by atoms with van der Waals surface area (Å²) in [5, 5.41) is 6.21. The van der Waals surface area contributed by atoms with Crippen molar-refractivity contribution in [1.29, 1.82) is 0 Å². The highest BCUT2D eigenvalue weighted by molar-refractivity contribution is 7.89. The van der Waals surface area contributed by atoms with Gasteiger partial charge in [-0.15, -0.1) is 0 Å². The molecular formula is C28H37FN6O4S. The van der Waals surface area contributed by atoms with E-state index in [9.17, 15) is 17.6 Å². The number of hydrogen-bond acceptors (Lipinski definition) is 8. The van der Waals surface area contributed by atoms with Gasteiger partial charge in [0, 0.05) is 30.7 Å². The van der Waals surface area contributed by atoms with Crippen molar-refractivity contribution in [2.75, 3.05) is 23.7 Å². The van der Waals surface area contributed by atoms with Crippen LogP contribution in [0.4, 0.5) is 32.3 Å². The van der Waals surface area contributed by atoms with Gasteiger partial charge in [0.05, 0.1) is 4.90 Å². The van der Waals surface area contributed by atoms with Gasteiger partial charge >= 0.3 is 6.09 Å². The summed E-state index contributed by atoms with van der Waals surface area (Å²) in [6, 6.07) is 13.0. The summed E-state index contributed by atoms with van der Waals surface area (Å²) in [5.41, 5.74) is 6.19. The van der Waals surface area contributed by atoms with Gasteiger partial charge in [-0.2, -0.15) is 9.29 Å². The van der Waals surface area contributed by atoms with Gasteiger partial charge in [0.1, 0.15) is 17.2 Å². The molecule has 0 bridgehead atoms. The van der Waals surface area contributed by atoms with Crippen LogP contribution < -0.4 is 16.4 Å². The van der Waals surface area contributed by atoms with Crippen LogP contribution in [0.25, 0.3) is 0 Å². The minimum Gasteiger partial charge on any atom is -0.444 e. The number of anilines is 4. The fourth-order valence-corrected chi connectivity index (χ4v) is 5.34. The van der Waals surface area contributed by atoms with Crippen molar-refractivity contribution in [3.8, 4) is 0 Å². The smallest absolute Gasteiger partial charge is 0.405 e. The van der Waals surface area contributed by atoms with E-state index in [0.717, 1.165) is 18.5 Å². The molecule has 1 amide bonds. The minimum atomic E-state index is -3.49. The highest BCUT2D eigenvalue weighted by Crippen LogP contribution is 2.25. The van der Waals surface area contributed by atoms with Crippen LogP contribution in [0, 0.1) is 18.7 Å². The standard InChI is InChI=1S/C23H26FN5O2S.C5H11NO2/c1-16-10-13-29(14-11-16)32(30,31)20-6-3-18(4-7-20)27-23-25-12-9-22(28-23)26-19-5-8-21(24)17(2)15-19;1-5(2,3)8-4(6)7/h3-9,12,15-16H,10-11,13-14H2,1-2H3,(H2,25,26,27,28);1-3H3,(H2,6,7). The van der Waals surface area contributed by atoms with Crippen molar-refractivity contribution in [3.05, 3.63) is 66.1 Å². The van der Waals surface area contributed by atoms with Gasteiger partial charge in [-0.1, -0.05) is 6.92 Å². The summed E-state index contributed by atoms with van der Waals surface area (Å²) in [6.45, 7) is 10.3. The molecule has 1 fully saturated rings. The molecule has 40 heavy (non-hydrogen) atoms. The molecule has 0 radical (unpaired) electrons. The molecule has 12 heteroatoms. The molecule has 1 saturated heterocycles. The molecule has 1 aliphatic rings. The van der Waals surface area contributed by atoms with Gasteiger partial charge in [0.2, 0.25) is 16.0 Å². The quantitative estimate of drug-likeness (QED) is 0.341. The molecule has 1 aromatic heterocycles. The van der Waals surface area contributed by atoms with E-state index >= 15 is 0 Å². The van der Waals surface area contributed by atoms with E-state index < -0.39 is 21.7 Å². The number of nitrogens with one attached hydrogen (secondary N) is 2. The second kappa shape index (κ2) is 13.1. The second-order valence-corrected chi connectivity index (χ2v) is 12.6. The highest BCUT2D eigenvalue weighted by Gasteiger charge is 2.27. The SMILES string of the molecule is CC(C)(C)OC(N)=O.Cc1cc(Nc2ccnc(Nc3ccc(S(=O)(=O)N4CCC(C)CC4)cc3)n2)ccc1F. The van der Waals surface area contributed by atoms with Crippen LogP contribution in [0.15, 0.2) is 59.6 Å². The van der Waals surface area contributed by atoms with Crippen LogP contribution in [0.5, 0.6) is 0 Å². The lowest BCUT2D eigenvalue weighted by Gasteiger charge is -2.29. The van der Waals surface area contributed by atoms with Crippen molar-refractivity contribution in [1.82, 2.24) is 14.3 Å². The maximum Gasteiger partial charge on any atom is 0.405 e. The number of hydrogen-bond donors (Lipinski definition) is 3. The molecule has 0 atom stereocenters. The van der Waals surface area contributed by atoms with Gasteiger partial charge < -0.3 is 21.1 Å². The first-order valence-corrected chi connectivity index (χ1v) is 14.4. The Morgan fingerprint density at radius 2 is 1.68 bits per heavy atom. The number of amides is 1. The second-order valence-electron chi connectivity index (χ2n) is 10.6. The maximum absolute atomic E-state index is 13.5. The Bertz CT molecular complexity index is 1400. The molecule has 0 aliphatic carbocycles. The van der Waals surface area contributed by atoms with Gasteiger partial charge in [0.15, 0.2) is 0 Å². The number of rotatable bonds is 6. The first-order chi connectivity index (χ1) is 18.7. The molecule has 0 saturated carbocycles. The van der Waals surface area contributed by atoms with Crippen molar-refractivity contribution in [2.45, 2.75) is 58.0 Å².